The minimum absolute atomic E-state index is 0.272. The molecule has 0 spiro atoms. The number of morpholine rings is 1. The second-order valence-electron chi connectivity index (χ2n) is 4.32. The third-order valence-electron chi connectivity index (χ3n) is 3.27. The maximum absolute atomic E-state index is 12.1. The maximum atomic E-state index is 12.1. The summed E-state index contributed by atoms with van der Waals surface area (Å²) in [5, 5.41) is 0. The Hall–Kier alpha value is -1.59. The Labute approximate surface area is 113 Å². The van der Waals surface area contributed by atoms with Crippen molar-refractivity contribution in [3.63, 3.8) is 0 Å². The molecule has 104 valence electrons. The summed E-state index contributed by atoms with van der Waals surface area (Å²) in [6.07, 6.45) is 0. The van der Waals surface area contributed by atoms with Gasteiger partial charge in [-0.2, -0.15) is 0 Å². The van der Waals surface area contributed by atoms with Crippen LogP contribution in [0.2, 0.25) is 0 Å². The first-order chi connectivity index (χ1) is 9.27. The predicted molar refractivity (Wildman–Crippen MR) is 70.1 cm³/mol. The molecule has 1 aliphatic heterocycles. The van der Waals surface area contributed by atoms with E-state index >= 15 is 0 Å². The van der Waals surface area contributed by atoms with Crippen LogP contribution in [0, 0.1) is 0 Å². The van der Waals surface area contributed by atoms with E-state index in [0.29, 0.717) is 32.1 Å². The van der Waals surface area contributed by atoms with Crippen LogP contribution in [-0.4, -0.2) is 51.4 Å². The zero-order chi connectivity index (χ0) is 13.7. The van der Waals surface area contributed by atoms with Gasteiger partial charge in [0, 0.05) is 18.7 Å². The van der Waals surface area contributed by atoms with E-state index in [1.54, 1.807) is 7.11 Å². The highest BCUT2D eigenvalue weighted by Crippen LogP contribution is 2.30. The lowest BCUT2D eigenvalue weighted by Gasteiger charge is -2.33. The third-order valence-corrected chi connectivity index (χ3v) is 3.27. The molecule has 5 nitrogen and oxygen atoms in total. The summed E-state index contributed by atoms with van der Waals surface area (Å²) in [4.78, 5) is 14.2. The average Bonchev–Trinajstić information content (AvgIpc) is 2.49. The van der Waals surface area contributed by atoms with Gasteiger partial charge in [0.05, 0.1) is 27.4 Å². The second kappa shape index (κ2) is 6.54. The van der Waals surface area contributed by atoms with Gasteiger partial charge in [0.15, 0.2) is 0 Å². The zero-order valence-corrected chi connectivity index (χ0v) is 11.3. The van der Waals surface area contributed by atoms with Crippen molar-refractivity contribution in [2.75, 3.05) is 40.5 Å². The van der Waals surface area contributed by atoms with E-state index in [-0.39, 0.29) is 5.97 Å². The van der Waals surface area contributed by atoms with Crippen molar-refractivity contribution in [2.24, 2.45) is 0 Å². The number of ether oxygens (including phenoxy) is 3. The van der Waals surface area contributed by atoms with Crippen LogP contribution in [0.3, 0.4) is 0 Å². The molecular formula is C14H19NO4. The first-order valence-corrected chi connectivity index (χ1v) is 6.30. The predicted octanol–water partition coefficient (Wildman–Crippen LogP) is 1.24. The van der Waals surface area contributed by atoms with Crippen molar-refractivity contribution in [3.05, 3.63) is 29.8 Å². The van der Waals surface area contributed by atoms with Crippen LogP contribution in [0.4, 0.5) is 0 Å². The normalized spacial score (nSPS) is 17.8. The molecule has 0 aliphatic carbocycles. The summed E-state index contributed by atoms with van der Waals surface area (Å²) in [6, 6.07) is 7.09. The molecule has 1 heterocycles. The summed E-state index contributed by atoms with van der Waals surface area (Å²) < 4.78 is 15.6. The minimum atomic E-state index is -0.440. The molecule has 0 N–H and O–H groups in total. The first kappa shape index (κ1) is 13.8. The van der Waals surface area contributed by atoms with Gasteiger partial charge in [-0.15, -0.1) is 0 Å². The van der Waals surface area contributed by atoms with Gasteiger partial charge in [-0.05, 0) is 6.07 Å². The van der Waals surface area contributed by atoms with E-state index in [1.165, 1.54) is 7.11 Å². The molecule has 1 aromatic carbocycles. The summed E-state index contributed by atoms with van der Waals surface area (Å²) in [5.41, 5.74) is 0.832. The van der Waals surface area contributed by atoms with Crippen LogP contribution < -0.4 is 4.74 Å². The maximum Gasteiger partial charge on any atom is 0.327 e. The molecule has 0 amide bonds. The molecule has 19 heavy (non-hydrogen) atoms. The summed E-state index contributed by atoms with van der Waals surface area (Å²) >= 11 is 0. The average molecular weight is 265 g/mol. The standard InChI is InChI=1S/C14H19NO4/c1-17-12-6-4-3-5-11(12)13(14(16)18-2)15-7-9-19-10-8-15/h3-6,13H,7-10H2,1-2H3. The fraction of sp³-hybridized carbons (Fsp3) is 0.500. The molecule has 1 fully saturated rings. The van der Waals surface area contributed by atoms with Crippen LogP contribution in [0.25, 0.3) is 0 Å². The van der Waals surface area contributed by atoms with Gasteiger partial charge in [-0.25, -0.2) is 4.79 Å². The summed E-state index contributed by atoms with van der Waals surface area (Å²) in [5.74, 6) is 0.427. The van der Waals surface area contributed by atoms with Gasteiger partial charge in [0.1, 0.15) is 11.8 Å². The van der Waals surface area contributed by atoms with Crippen LogP contribution in [-0.2, 0) is 14.3 Å². The Balaban J connectivity index is 2.33. The number of benzene rings is 1. The van der Waals surface area contributed by atoms with Crippen LogP contribution in [0.5, 0.6) is 5.75 Å². The van der Waals surface area contributed by atoms with Gasteiger partial charge in [0.2, 0.25) is 0 Å². The van der Waals surface area contributed by atoms with E-state index in [1.807, 2.05) is 24.3 Å². The molecule has 0 bridgehead atoms. The van der Waals surface area contributed by atoms with E-state index < -0.39 is 6.04 Å². The number of carbonyl (C=O) groups excluding carboxylic acids is 1. The molecule has 0 saturated carbocycles. The van der Waals surface area contributed by atoms with E-state index in [9.17, 15) is 4.79 Å². The van der Waals surface area contributed by atoms with E-state index in [0.717, 1.165) is 5.56 Å². The molecule has 1 saturated heterocycles. The largest absolute Gasteiger partial charge is 0.496 e. The number of para-hydroxylation sites is 1. The fourth-order valence-electron chi connectivity index (χ4n) is 2.31. The number of methoxy groups -OCH3 is 2. The van der Waals surface area contributed by atoms with Crippen LogP contribution >= 0.6 is 0 Å². The minimum Gasteiger partial charge on any atom is -0.496 e. The molecule has 5 heteroatoms. The van der Waals surface area contributed by atoms with Crippen molar-refractivity contribution in [2.45, 2.75) is 6.04 Å². The third kappa shape index (κ3) is 3.05. The Kier molecular flexibility index (Phi) is 4.76. The van der Waals surface area contributed by atoms with Gasteiger partial charge >= 0.3 is 5.97 Å². The molecule has 1 atom stereocenters. The number of rotatable bonds is 4. The SMILES string of the molecule is COC(=O)C(c1ccccc1OC)N1CCOCC1. The highest BCUT2D eigenvalue weighted by molar-refractivity contribution is 5.78. The monoisotopic (exact) mass is 265 g/mol. The van der Waals surface area contributed by atoms with E-state index in [4.69, 9.17) is 14.2 Å². The molecule has 1 unspecified atom stereocenters. The Morgan fingerprint density at radius 3 is 2.58 bits per heavy atom. The van der Waals surface area contributed by atoms with Crippen molar-refractivity contribution in [1.29, 1.82) is 0 Å². The lowest BCUT2D eigenvalue weighted by atomic mass is 10.0. The topological polar surface area (TPSA) is 48.0 Å². The van der Waals surface area contributed by atoms with Crippen molar-refractivity contribution >= 4 is 5.97 Å². The second-order valence-corrected chi connectivity index (χ2v) is 4.32. The van der Waals surface area contributed by atoms with Crippen molar-refractivity contribution in [3.8, 4) is 5.75 Å². The van der Waals surface area contributed by atoms with Gasteiger partial charge in [-0.3, -0.25) is 4.90 Å². The van der Waals surface area contributed by atoms with Crippen LogP contribution in [0.15, 0.2) is 24.3 Å². The number of hydrogen-bond donors (Lipinski definition) is 0. The highest BCUT2D eigenvalue weighted by Gasteiger charge is 2.31. The van der Waals surface area contributed by atoms with Crippen molar-refractivity contribution in [1.82, 2.24) is 4.90 Å². The lowest BCUT2D eigenvalue weighted by Crippen LogP contribution is -2.42. The highest BCUT2D eigenvalue weighted by atomic mass is 16.5. The molecule has 1 aliphatic rings. The zero-order valence-electron chi connectivity index (χ0n) is 11.3. The Bertz CT molecular complexity index is 429. The number of nitrogens with zero attached hydrogens (tertiary/aromatic N) is 1. The Morgan fingerprint density at radius 2 is 1.95 bits per heavy atom. The Morgan fingerprint density at radius 1 is 1.26 bits per heavy atom. The molecule has 1 aromatic rings. The van der Waals surface area contributed by atoms with E-state index in [2.05, 4.69) is 4.90 Å². The molecular weight excluding hydrogens is 246 g/mol. The van der Waals surface area contributed by atoms with Crippen LogP contribution in [0.1, 0.15) is 11.6 Å². The smallest absolute Gasteiger partial charge is 0.327 e. The van der Waals surface area contributed by atoms with Crippen molar-refractivity contribution < 1.29 is 19.0 Å². The number of hydrogen-bond acceptors (Lipinski definition) is 5. The summed E-state index contributed by atoms with van der Waals surface area (Å²) in [7, 11) is 3.01. The number of esters is 1. The lowest BCUT2D eigenvalue weighted by molar-refractivity contribution is -0.149. The first-order valence-electron chi connectivity index (χ1n) is 6.30. The quantitative estimate of drug-likeness (QED) is 0.767. The van der Waals surface area contributed by atoms with Gasteiger partial charge in [-0.1, -0.05) is 18.2 Å². The van der Waals surface area contributed by atoms with Gasteiger partial charge < -0.3 is 14.2 Å². The molecule has 0 aromatic heterocycles. The summed E-state index contributed by atoms with van der Waals surface area (Å²) in [6.45, 7) is 2.67. The molecule has 0 radical (unpaired) electrons. The van der Waals surface area contributed by atoms with Gasteiger partial charge in [0.25, 0.3) is 0 Å². The molecule has 2 rings (SSSR count). The fourth-order valence-corrected chi connectivity index (χ4v) is 2.31. The number of carbonyl (C=O) groups is 1.